The number of anilines is 2. The highest BCUT2D eigenvalue weighted by molar-refractivity contribution is 6.19. The number of fused-ring (bicyclic) bond motifs is 4. The molecule has 14 nitrogen and oxygen atoms in total. The van der Waals surface area contributed by atoms with Crippen molar-refractivity contribution in [1.82, 2.24) is 25.0 Å². The van der Waals surface area contributed by atoms with Crippen molar-refractivity contribution in [3.05, 3.63) is 71.3 Å². The molecule has 0 aliphatic carbocycles. The number of phenolic OH excluding ortho intramolecular Hbond substituents is 1. The lowest BCUT2D eigenvalue weighted by molar-refractivity contribution is 0.00244. The fourth-order valence-electron chi connectivity index (χ4n) is 5.91. The molecule has 0 bridgehead atoms. The smallest absolute Gasteiger partial charge is 0.277 e. The maximum absolute atomic E-state index is 13.8. The molecule has 0 saturated carbocycles. The van der Waals surface area contributed by atoms with Crippen LogP contribution in [-0.4, -0.2) is 108 Å². The average molecular weight is 692 g/mol. The van der Waals surface area contributed by atoms with E-state index in [-0.39, 0.29) is 23.3 Å². The number of aryl methyl sites for hydroxylation is 1. The van der Waals surface area contributed by atoms with Crippen molar-refractivity contribution in [2.24, 2.45) is 0 Å². The summed E-state index contributed by atoms with van der Waals surface area (Å²) in [5.74, 6) is -0.394. The van der Waals surface area contributed by atoms with E-state index in [1.54, 1.807) is 30.2 Å². The van der Waals surface area contributed by atoms with Gasteiger partial charge in [0.15, 0.2) is 5.69 Å². The number of halogens is 1. The number of rotatable bonds is 16. The summed E-state index contributed by atoms with van der Waals surface area (Å²) < 4.78 is 22.8. The lowest BCUT2D eigenvalue weighted by Crippen LogP contribution is -2.30. The Balaban J connectivity index is 1.04. The van der Waals surface area contributed by atoms with Gasteiger partial charge in [0.05, 0.1) is 76.6 Å². The first-order chi connectivity index (χ1) is 23.9. The molecule has 0 radical (unpaired) electrons. The van der Waals surface area contributed by atoms with E-state index in [2.05, 4.69) is 25.6 Å². The van der Waals surface area contributed by atoms with E-state index in [0.717, 1.165) is 21.9 Å². The highest BCUT2D eigenvalue weighted by Crippen LogP contribution is 2.46. The van der Waals surface area contributed by atoms with Crippen LogP contribution in [0, 0.1) is 6.92 Å². The number of pyridine rings is 1. The topological polar surface area (TPSA) is 166 Å². The number of methoxy groups -OCH3 is 1. The van der Waals surface area contributed by atoms with Crippen molar-refractivity contribution in [2.45, 2.75) is 19.4 Å². The lowest BCUT2D eigenvalue weighted by Gasteiger charge is -2.18. The van der Waals surface area contributed by atoms with Gasteiger partial charge < -0.3 is 39.3 Å². The minimum absolute atomic E-state index is 0.0957. The number of alkyl halides is 1. The number of ether oxygens (including phenoxy) is 4. The van der Waals surface area contributed by atoms with Crippen LogP contribution in [0.2, 0.25) is 0 Å². The Bertz CT molecular complexity index is 1950. The van der Waals surface area contributed by atoms with Crippen LogP contribution >= 0.6 is 11.6 Å². The van der Waals surface area contributed by atoms with Crippen LogP contribution in [0.3, 0.4) is 0 Å². The Morgan fingerprint density at radius 2 is 1.82 bits per heavy atom. The predicted octanol–water partition coefficient (Wildman–Crippen LogP) is 4.25. The van der Waals surface area contributed by atoms with Crippen LogP contribution in [-0.2, 0) is 25.5 Å². The number of hydrogen-bond acceptors (Lipinski definition) is 10. The molecule has 3 N–H and O–H groups in total. The highest BCUT2D eigenvalue weighted by Gasteiger charge is 2.36. The number of carbonyl (C=O) groups is 2. The first kappa shape index (κ1) is 34.3. The van der Waals surface area contributed by atoms with Crippen molar-refractivity contribution >= 4 is 56.6 Å². The van der Waals surface area contributed by atoms with Gasteiger partial charge in [-0.2, -0.15) is 0 Å². The Morgan fingerprint density at radius 3 is 2.57 bits per heavy atom. The first-order valence-corrected chi connectivity index (χ1v) is 16.5. The summed E-state index contributed by atoms with van der Waals surface area (Å²) >= 11 is 6.40. The standard InChI is InChI=1S/C34H38ClN7O7/c1-21-4-3-5-25-29(43)16-28-31(30(21)25)23(17-35)19-42(28)34(45)26-15-22-14-24(18-36-32(22)38-26)37-33(44)27-20-41(40-39-27)6-7-47-10-11-49-13-12-48-9-8-46-2/h3-5,14-16,18,20,23,43H,6-13,17,19H2,1-2H3,(H,36,38)(H,37,44)/t23-/m1/s1. The molecule has 15 heteroatoms. The van der Waals surface area contributed by atoms with Gasteiger partial charge in [-0.1, -0.05) is 23.4 Å². The van der Waals surface area contributed by atoms with Gasteiger partial charge in [0.25, 0.3) is 11.8 Å². The molecule has 0 saturated heterocycles. The summed E-state index contributed by atoms with van der Waals surface area (Å²) in [7, 11) is 1.62. The summed E-state index contributed by atoms with van der Waals surface area (Å²) in [6.07, 6.45) is 3.04. The van der Waals surface area contributed by atoms with Crippen LogP contribution in [0.25, 0.3) is 21.8 Å². The minimum atomic E-state index is -0.454. The lowest BCUT2D eigenvalue weighted by atomic mass is 9.92. The number of aromatic nitrogens is 5. The molecule has 49 heavy (non-hydrogen) atoms. The zero-order valence-corrected chi connectivity index (χ0v) is 28.0. The van der Waals surface area contributed by atoms with E-state index in [0.29, 0.717) is 93.3 Å². The maximum Gasteiger partial charge on any atom is 0.277 e. The Morgan fingerprint density at radius 1 is 1.06 bits per heavy atom. The van der Waals surface area contributed by atoms with Crippen molar-refractivity contribution < 1.29 is 33.6 Å². The number of nitrogens with one attached hydrogen (secondary N) is 2. The number of nitrogens with zero attached hydrogens (tertiary/aromatic N) is 5. The third-order valence-electron chi connectivity index (χ3n) is 8.27. The van der Waals surface area contributed by atoms with E-state index in [1.807, 2.05) is 25.1 Å². The summed E-state index contributed by atoms with van der Waals surface area (Å²) in [5.41, 5.74) is 3.97. The van der Waals surface area contributed by atoms with Crippen LogP contribution in [0.5, 0.6) is 5.75 Å². The average Bonchev–Trinajstić information content (AvgIpc) is 3.84. The van der Waals surface area contributed by atoms with Crippen molar-refractivity contribution in [1.29, 1.82) is 0 Å². The van der Waals surface area contributed by atoms with Gasteiger partial charge in [0.2, 0.25) is 0 Å². The first-order valence-electron chi connectivity index (χ1n) is 15.9. The van der Waals surface area contributed by atoms with Crippen molar-refractivity contribution in [3.8, 4) is 5.75 Å². The molecule has 1 aliphatic rings. The van der Waals surface area contributed by atoms with Crippen molar-refractivity contribution in [2.75, 3.05) is 76.0 Å². The predicted molar refractivity (Wildman–Crippen MR) is 184 cm³/mol. The number of benzene rings is 2. The van der Waals surface area contributed by atoms with Crippen LogP contribution in [0.4, 0.5) is 11.4 Å². The molecule has 258 valence electrons. The summed E-state index contributed by atoms with van der Waals surface area (Å²) in [5, 5.41) is 23.9. The second kappa shape index (κ2) is 15.7. The number of aromatic hydroxyl groups is 1. The normalized spacial score (nSPS) is 14.2. The third kappa shape index (κ3) is 7.68. The second-order valence-electron chi connectivity index (χ2n) is 11.6. The third-order valence-corrected chi connectivity index (χ3v) is 8.64. The van der Waals surface area contributed by atoms with Crippen LogP contribution in [0.15, 0.2) is 48.8 Å². The maximum atomic E-state index is 13.8. The quantitative estimate of drug-likeness (QED) is 0.101. The monoisotopic (exact) mass is 691 g/mol. The molecule has 5 aromatic rings. The van der Waals surface area contributed by atoms with E-state index in [4.69, 9.17) is 30.5 Å². The molecule has 2 aromatic carbocycles. The fraction of sp³-hybridized carbons (Fsp3) is 0.382. The number of hydrogen-bond donors (Lipinski definition) is 3. The second-order valence-corrected chi connectivity index (χ2v) is 11.9. The number of H-pyrrole nitrogens is 1. The Kier molecular flexibility index (Phi) is 11.0. The van der Waals surface area contributed by atoms with Gasteiger partial charge in [0.1, 0.15) is 17.1 Å². The molecule has 4 heterocycles. The molecular weight excluding hydrogens is 654 g/mol. The van der Waals surface area contributed by atoms with Gasteiger partial charge in [-0.15, -0.1) is 16.7 Å². The highest BCUT2D eigenvalue weighted by atomic mass is 35.5. The van der Waals surface area contributed by atoms with E-state index < -0.39 is 5.91 Å². The summed E-state index contributed by atoms with van der Waals surface area (Å²) in [4.78, 5) is 35.9. The van der Waals surface area contributed by atoms with E-state index in [9.17, 15) is 14.7 Å². The molecule has 1 aliphatic heterocycles. The summed E-state index contributed by atoms with van der Waals surface area (Å²) in [6, 6.07) is 10.8. The van der Waals surface area contributed by atoms with E-state index in [1.165, 1.54) is 17.1 Å². The van der Waals surface area contributed by atoms with Gasteiger partial charge in [-0.05, 0) is 35.6 Å². The van der Waals surface area contributed by atoms with Gasteiger partial charge >= 0.3 is 0 Å². The number of aromatic amines is 1. The Hall–Kier alpha value is -4.60. The molecule has 0 spiro atoms. The van der Waals surface area contributed by atoms with Crippen LogP contribution in [0.1, 0.15) is 38.0 Å². The molecule has 0 fully saturated rings. The largest absolute Gasteiger partial charge is 0.507 e. The number of carbonyl (C=O) groups excluding carboxylic acids is 2. The van der Waals surface area contributed by atoms with Gasteiger partial charge in [-0.3, -0.25) is 9.59 Å². The number of amides is 2. The SMILES string of the molecule is COCCOCCOCCOCCn1cc(C(=O)Nc2cnc3[nH]c(C(=O)N4C[C@@H](CCl)c5c4cc(O)c4cccc(C)c54)cc3c2)nn1. The molecular formula is C34H38ClN7O7. The summed E-state index contributed by atoms with van der Waals surface area (Å²) in [6.45, 7) is 6.08. The zero-order chi connectivity index (χ0) is 34.3. The number of phenols is 1. The molecule has 2 amide bonds. The minimum Gasteiger partial charge on any atom is -0.507 e. The van der Waals surface area contributed by atoms with Gasteiger partial charge in [0, 0.05) is 42.3 Å². The molecule has 6 rings (SSSR count). The van der Waals surface area contributed by atoms with E-state index >= 15 is 0 Å². The molecule has 0 unspecified atom stereocenters. The molecule has 1 atom stereocenters. The Labute approximate surface area is 287 Å². The van der Waals surface area contributed by atoms with Crippen molar-refractivity contribution in [3.63, 3.8) is 0 Å². The van der Waals surface area contributed by atoms with Crippen LogP contribution < -0.4 is 10.2 Å². The zero-order valence-electron chi connectivity index (χ0n) is 27.3. The fourth-order valence-corrected chi connectivity index (χ4v) is 6.16. The van der Waals surface area contributed by atoms with Gasteiger partial charge in [-0.25, -0.2) is 9.67 Å². The molecule has 3 aromatic heterocycles.